The molecule has 0 fully saturated rings. The minimum atomic E-state index is -4.67. The molecule has 0 aliphatic heterocycles. The van der Waals surface area contributed by atoms with Crippen LogP contribution >= 0.6 is 11.6 Å². The summed E-state index contributed by atoms with van der Waals surface area (Å²) < 4.78 is 83.0. The van der Waals surface area contributed by atoms with Crippen LogP contribution in [-0.4, -0.2) is 114 Å². The third kappa shape index (κ3) is 20.7. The lowest BCUT2D eigenvalue weighted by Gasteiger charge is -2.19. The minimum absolute atomic E-state index is 0.0867. The summed E-state index contributed by atoms with van der Waals surface area (Å²) in [5, 5.41) is 7.10. The fourth-order valence-corrected chi connectivity index (χ4v) is 4.76. The Kier molecular flexibility index (Phi) is 21.2. The van der Waals surface area contributed by atoms with E-state index in [9.17, 15) is 27.6 Å². The number of ether oxygens (including phenoxy) is 8. The Labute approximate surface area is 340 Å². The fraction of sp³-hybridized carbons (Fsp3) is 0.487. The van der Waals surface area contributed by atoms with Crippen LogP contribution in [0.2, 0.25) is 5.02 Å². The minimum Gasteiger partial charge on any atom is -0.460 e. The van der Waals surface area contributed by atoms with Crippen LogP contribution in [0.1, 0.15) is 43.2 Å². The number of benzene rings is 2. The summed E-state index contributed by atoms with van der Waals surface area (Å²) in [5.41, 5.74) is -1.18. The molecule has 3 rings (SSSR count). The lowest BCUT2D eigenvalue weighted by atomic mass is 10.2. The van der Waals surface area contributed by atoms with Gasteiger partial charge in [0, 0.05) is 30.2 Å². The molecule has 0 radical (unpaired) electrons. The molecule has 3 aromatic rings. The van der Waals surface area contributed by atoms with Gasteiger partial charge < -0.3 is 53.8 Å². The van der Waals surface area contributed by atoms with Crippen molar-refractivity contribution in [3.63, 3.8) is 0 Å². The van der Waals surface area contributed by atoms with E-state index in [1.807, 2.05) is 20.8 Å². The van der Waals surface area contributed by atoms with Crippen molar-refractivity contribution < 1.29 is 65.4 Å². The van der Waals surface area contributed by atoms with Crippen LogP contribution in [0.3, 0.4) is 0 Å². The number of hydrogen-bond donors (Lipinski definition) is 3. The van der Waals surface area contributed by atoms with Crippen molar-refractivity contribution in [1.82, 2.24) is 10.3 Å². The molecule has 1 aromatic heterocycles. The SMILES string of the molecule is CC(C)(C)OC(=O)CCOCCOCCOCCOCCOCCOCCNC(=O)c1cc(Oc2ccc(NC(=O)Nc3ccc(Cl)c(C(F)(F)F)c3)cc2)ccn1. The van der Waals surface area contributed by atoms with Crippen molar-refractivity contribution in [3.8, 4) is 11.5 Å². The number of halogens is 4. The van der Waals surface area contributed by atoms with Crippen LogP contribution < -0.4 is 20.7 Å². The monoisotopic (exact) mass is 842 g/mol. The maximum Gasteiger partial charge on any atom is 0.417 e. The second kappa shape index (κ2) is 25.7. The number of aromatic nitrogens is 1. The number of esters is 1. The number of nitrogens with one attached hydrogen (secondary N) is 3. The number of hydrogen-bond acceptors (Lipinski definition) is 12. The van der Waals surface area contributed by atoms with Gasteiger partial charge in [0.25, 0.3) is 5.91 Å². The van der Waals surface area contributed by atoms with Gasteiger partial charge in [-0.1, -0.05) is 11.6 Å². The van der Waals surface area contributed by atoms with Crippen molar-refractivity contribution in [2.24, 2.45) is 0 Å². The Hall–Kier alpha value is -4.56. The maximum absolute atomic E-state index is 13.1. The molecular formula is C39H50ClF3N4O11. The molecule has 1 heterocycles. The van der Waals surface area contributed by atoms with Crippen LogP contribution in [0.25, 0.3) is 0 Å². The van der Waals surface area contributed by atoms with Gasteiger partial charge in [-0.25, -0.2) is 4.79 Å². The third-order valence-electron chi connectivity index (χ3n) is 7.10. The number of carbonyl (C=O) groups excluding carboxylic acids is 3. The van der Waals surface area contributed by atoms with Crippen molar-refractivity contribution >= 4 is 40.9 Å². The van der Waals surface area contributed by atoms with E-state index in [1.54, 1.807) is 18.2 Å². The molecule has 0 aliphatic carbocycles. The number of rotatable bonds is 26. The van der Waals surface area contributed by atoms with Gasteiger partial charge in [-0.2, -0.15) is 13.2 Å². The molecule has 0 aliphatic rings. The standard InChI is InChI=1S/C39H50ClF3N4O11/c1-38(2,3)58-35(48)11-14-51-16-18-53-20-22-55-24-25-56-23-21-54-19-17-52-15-13-45-36(49)34-27-31(10-12-44-34)57-30-7-4-28(5-8-30)46-37(50)47-29-6-9-33(40)32(26-29)39(41,42)43/h4-10,12,26-27H,11,13-25H2,1-3H3,(H,45,49)(H2,46,47,50). The number of pyridine rings is 1. The van der Waals surface area contributed by atoms with Gasteiger partial charge in [0.1, 0.15) is 22.8 Å². The van der Waals surface area contributed by atoms with Crippen molar-refractivity contribution in [3.05, 3.63) is 77.1 Å². The molecule has 58 heavy (non-hydrogen) atoms. The summed E-state index contributed by atoms with van der Waals surface area (Å²) in [7, 11) is 0. The molecule has 0 saturated heterocycles. The summed E-state index contributed by atoms with van der Waals surface area (Å²) in [6.07, 6.45) is -3.05. The zero-order valence-corrected chi connectivity index (χ0v) is 33.4. The molecular weight excluding hydrogens is 793 g/mol. The van der Waals surface area contributed by atoms with E-state index in [4.69, 9.17) is 49.5 Å². The first kappa shape index (κ1) is 47.8. The lowest BCUT2D eigenvalue weighted by Crippen LogP contribution is -2.28. The molecule has 0 atom stereocenters. The number of amides is 3. The highest BCUT2D eigenvalue weighted by Crippen LogP contribution is 2.36. The quantitative estimate of drug-likeness (QED) is 0.0574. The van der Waals surface area contributed by atoms with Gasteiger partial charge >= 0.3 is 18.2 Å². The van der Waals surface area contributed by atoms with Crippen molar-refractivity contribution in [1.29, 1.82) is 0 Å². The lowest BCUT2D eigenvalue weighted by molar-refractivity contribution is -0.156. The summed E-state index contributed by atoms with van der Waals surface area (Å²) in [5.74, 6) is 0.00900. The van der Waals surface area contributed by atoms with Crippen LogP contribution in [0.5, 0.6) is 11.5 Å². The molecule has 19 heteroatoms. The van der Waals surface area contributed by atoms with Gasteiger partial charge in [-0.15, -0.1) is 0 Å². The highest BCUT2D eigenvalue weighted by molar-refractivity contribution is 6.31. The third-order valence-corrected chi connectivity index (χ3v) is 7.43. The van der Waals surface area contributed by atoms with Crippen molar-refractivity contribution in [2.75, 3.05) is 96.5 Å². The van der Waals surface area contributed by atoms with Crippen LogP contribution in [0.4, 0.5) is 29.3 Å². The number of urea groups is 1. The largest absolute Gasteiger partial charge is 0.460 e. The molecule has 3 amide bonds. The van der Waals surface area contributed by atoms with E-state index in [1.165, 1.54) is 30.5 Å². The second-order valence-corrected chi connectivity index (χ2v) is 13.4. The molecule has 0 bridgehead atoms. The first-order valence-electron chi connectivity index (χ1n) is 18.3. The van der Waals surface area contributed by atoms with Gasteiger partial charge in [0.2, 0.25) is 0 Å². The molecule has 0 spiro atoms. The van der Waals surface area contributed by atoms with Gasteiger partial charge in [-0.3, -0.25) is 14.6 Å². The second-order valence-electron chi connectivity index (χ2n) is 13.0. The van der Waals surface area contributed by atoms with E-state index < -0.39 is 34.3 Å². The van der Waals surface area contributed by atoms with Gasteiger partial charge in [-0.05, 0) is 69.3 Å². The average molecular weight is 843 g/mol. The summed E-state index contributed by atoms with van der Waals surface area (Å²) in [4.78, 5) is 40.6. The van der Waals surface area contributed by atoms with Crippen LogP contribution in [-0.2, 0) is 44.1 Å². The predicted molar refractivity (Wildman–Crippen MR) is 208 cm³/mol. The summed E-state index contributed by atoms with van der Waals surface area (Å²) >= 11 is 5.62. The molecule has 0 unspecified atom stereocenters. The first-order chi connectivity index (χ1) is 27.7. The van der Waals surface area contributed by atoms with E-state index >= 15 is 0 Å². The summed E-state index contributed by atoms with van der Waals surface area (Å²) in [6, 6.07) is 11.5. The number of alkyl halides is 3. The highest BCUT2D eigenvalue weighted by Gasteiger charge is 2.33. The normalized spacial score (nSPS) is 11.6. The zero-order valence-electron chi connectivity index (χ0n) is 32.6. The number of carbonyl (C=O) groups is 3. The predicted octanol–water partition coefficient (Wildman–Crippen LogP) is 6.75. The molecule has 15 nitrogen and oxygen atoms in total. The summed E-state index contributed by atoms with van der Waals surface area (Å²) in [6.45, 7) is 10.2. The van der Waals surface area contributed by atoms with E-state index in [-0.39, 0.29) is 43.5 Å². The zero-order chi connectivity index (χ0) is 42.2. The fourth-order valence-electron chi connectivity index (χ4n) is 4.53. The molecule has 0 saturated carbocycles. The van der Waals surface area contributed by atoms with Gasteiger partial charge in [0.05, 0.1) is 96.3 Å². The Morgan fingerprint density at radius 1 is 0.655 bits per heavy atom. The number of nitrogens with zero attached hydrogens (tertiary/aromatic N) is 1. The molecule has 2 aromatic carbocycles. The first-order valence-corrected chi connectivity index (χ1v) is 18.7. The van der Waals surface area contributed by atoms with E-state index in [0.29, 0.717) is 83.3 Å². The van der Waals surface area contributed by atoms with Gasteiger partial charge in [0.15, 0.2) is 0 Å². The van der Waals surface area contributed by atoms with Crippen LogP contribution in [0.15, 0.2) is 60.8 Å². The van der Waals surface area contributed by atoms with Crippen LogP contribution in [0, 0.1) is 0 Å². The Morgan fingerprint density at radius 2 is 1.17 bits per heavy atom. The Balaban J connectivity index is 1.16. The average Bonchev–Trinajstić information content (AvgIpc) is 3.16. The maximum atomic E-state index is 13.1. The smallest absolute Gasteiger partial charge is 0.417 e. The van der Waals surface area contributed by atoms with E-state index in [0.717, 1.165) is 12.1 Å². The Morgan fingerprint density at radius 3 is 1.72 bits per heavy atom. The highest BCUT2D eigenvalue weighted by atomic mass is 35.5. The molecule has 3 N–H and O–H groups in total. The van der Waals surface area contributed by atoms with Crippen molar-refractivity contribution in [2.45, 2.75) is 39.0 Å². The molecule has 320 valence electrons. The number of anilines is 2. The topological polar surface area (TPSA) is 174 Å². The Bertz CT molecular complexity index is 1700. The van der Waals surface area contributed by atoms with E-state index in [2.05, 4.69) is 20.9 Å².